The van der Waals surface area contributed by atoms with Crippen LogP contribution in [0.1, 0.15) is 31.9 Å². The summed E-state index contributed by atoms with van der Waals surface area (Å²) in [5.74, 6) is 0. The maximum absolute atomic E-state index is 3.53. The van der Waals surface area contributed by atoms with Gasteiger partial charge in [0.05, 0.1) is 0 Å². The lowest BCUT2D eigenvalue weighted by Crippen LogP contribution is -2.10. The number of aryl methyl sites for hydroxylation is 1. The molecule has 3 rings (SSSR count). The summed E-state index contributed by atoms with van der Waals surface area (Å²) in [4.78, 5) is 3.53. The second-order valence-corrected chi connectivity index (χ2v) is 6.18. The summed E-state index contributed by atoms with van der Waals surface area (Å²) in [6.07, 6.45) is 0. The van der Waals surface area contributed by atoms with Crippen LogP contribution in [0.25, 0.3) is 21.8 Å². The second kappa shape index (κ2) is 3.61. The van der Waals surface area contributed by atoms with Crippen molar-refractivity contribution in [3.8, 4) is 0 Å². The van der Waals surface area contributed by atoms with Gasteiger partial charge < -0.3 is 4.98 Å². The van der Waals surface area contributed by atoms with E-state index in [1.54, 1.807) is 0 Å². The molecule has 3 aromatic rings. The Morgan fingerprint density at radius 1 is 0.833 bits per heavy atom. The zero-order chi connectivity index (χ0) is 12.9. The molecule has 0 spiro atoms. The van der Waals surface area contributed by atoms with Gasteiger partial charge in [0.1, 0.15) is 0 Å². The summed E-state index contributed by atoms with van der Waals surface area (Å²) in [6.45, 7) is 8.88. The standard InChI is InChI=1S/C17H19N/c1-11-5-7-13-14-8-6-12(17(2,3)4)10-16(14)18-15(13)9-11/h5-10,18H,1-4H3. The molecule has 0 aliphatic rings. The van der Waals surface area contributed by atoms with Gasteiger partial charge in [-0.15, -0.1) is 0 Å². The average Bonchev–Trinajstić information content (AvgIpc) is 2.63. The highest BCUT2D eigenvalue weighted by Crippen LogP contribution is 2.30. The number of nitrogens with one attached hydrogen (secondary N) is 1. The number of hydrogen-bond acceptors (Lipinski definition) is 0. The van der Waals surface area contributed by atoms with E-state index in [2.05, 4.69) is 69.1 Å². The number of benzene rings is 2. The summed E-state index contributed by atoms with van der Waals surface area (Å²) < 4.78 is 0. The summed E-state index contributed by atoms with van der Waals surface area (Å²) in [5.41, 5.74) is 5.34. The molecule has 92 valence electrons. The van der Waals surface area contributed by atoms with E-state index in [-0.39, 0.29) is 5.41 Å². The molecule has 0 saturated heterocycles. The minimum atomic E-state index is 0.196. The van der Waals surface area contributed by atoms with Crippen molar-refractivity contribution in [2.75, 3.05) is 0 Å². The van der Waals surface area contributed by atoms with Gasteiger partial charge in [-0.1, -0.05) is 45.0 Å². The highest BCUT2D eigenvalue weighted by atomic mass is 14.7. The third-order valence-electron chi connectivity index (χ3n) is 3.62. The summed E-state index contributed by atoms with van der Waals surface area (Å²) in [6, 6.07) is 13.4. The van der Waals surface area contributed by atoms with Crippen molar-refractivity contribution in [2.24, 2.45) is 0 Å². The first-order valence-electron chi connectivity index (χ1n) is 6.48. The lowest BCUT2D eigenvalue weighted by atomic mass is 9.86. The first-order valence-corrected chi connectivity index (χ1v) is 6.48. The molecule has 0 aliphatic heterocycles. The molecular weight excluding hydrogens is 218 g/mol. The molecule has 0 bridgehead atoms. The molecular formula is C17H19N. The maximum Gasteiger partial charge on any atom is 0.0467 e. The molecule has 0 aliphatic carbocycles. The molecule has 0 amide bonds. The van der Waals surface area contributed by atoms with Crippen molar-refractivity contribution in [3.05, 3.63) is 47.5 Å². The number of fused-ring (bicyclic) bond motifs is 3. The smallest absolute Gasteiger partial charge is 0.0467 e. The van der Waals surface area contributed by atoms with E-state index in [1.165, 1.54) is 32.9 Å². The van der Waals surface area contributed by atoms with E-state index in [0.29, 0.717) is 0 Å². The minimum absolute atomic E-state index is 0.196. The lowest BCUT2D eigenvalue weighted by Gasteiger charge is -2.18. The first kappa shape index (κ1) is 11.3. The van der Waals surface area contributed by atoms with Crippen molar-refractivity contribution in [1.82, 2.24) is 4.98 Å². The summed E-state index contributed by atoms with van der Waals surface area (Å²) in [5, 5.41) is 2.63. The fraction of sp³-hybridized carbons (Fsp3) is 0.294. The zero-order valence-electron chi connectivity index (χ0n) is 11.5. The number of aromatic amines is 1. The van der Waals surface area contributed by atoms with Gasteiger partial charge in [-0.25, -0.2) is 0 Å². The molecule has 1 N–H and O–H groups in total. The topological polar surface area (TPSA) is 15.8 Å². The largest absolute Gasteiger partial charge is 0.354 e. The quantitative estimate of drug-likeness (QED) is 0.570. The molecule has 0 radical (unpaired) electrons. The Bertz CT molecular complexity index is 726. The van der Waals surface area contributed by atoms with Crippen LogP contribution in [-0.4, -0.2) is 4.98 Å². The fourth-order valence-electron chi connectivity index (χ4n) is 2.49. The van der Waals surface area contributed by atoms with Crippen LogP contribution < -0.4 is 0 Å². The predicted molar refractivity (Wildman–Crippen MR) is 79.2 cm³/mol. The Balaban J connectivity index is 2.33. The third kappa shape index (κ3) is 1.71. The highest BCUT2D eigenvalue weighted by molar-refractivity contribution is 6.07. The van der Waals surface area contributed by atoms with E-state index in [9.17, 15) is 0 Å². The van der Waals surface area contributed by atoms with E-state index >= 15 is 0 Å². The van der Waals surface area contributed by atoms with Gasteiger partial charge in [0.25, 0.3) is 0 Å². The Hall–Kier alpha value is -1.76. The van der Waals surface area contributed by atoms with Crippen LogP contribution in [0.2, 0.25) is 0 Å². The van der Waals surface area contributed by atoms with E-state index in [0.717, 1.165) is 0 Å². The van der Waals surface area contributed by atoms with Crippen molar-refractivity contribution < 1.29 is 0 Å². The fourth-order valence-corrected chi connectivity index (χ4v) is 2.49. The van der Waals surface area contributed by atoms with Crippen LogP contribution in [0.15, 0.2) is 36.4 Å². The van der Waals surface area contributed by atoms with Crippen molar-refractivity contribution >= 4 is 21.8 Å². The molecule has 0 fully saturated rings. The molecule has 1 nitrogen and oxygen atoms in total. The monoisotopic (exact) mass is 237 g/mol. The van der Waals surface area contributed by atoms with Gasteiger partial charge in [0, 0.05) is 21.8 Å². The SMILES string of the molecule is Cc1ccc2c(c1)[nH]c1cc(C(C)(C)C)ccc12. The average molecular weight is 237 g/mol. The number of rotatable bonds is 0. The molecule has 18 heavy (non-hydrogen) atoms. The van der Waals surface area contributed by atoms with Crippen LogP contribution in [0, 0.1) is 6.92 Å². The van der Waals surface area contributed by atoms with Crippen molar-refractivity contribution in [2.45, 2.75) is 33.1 Å². The Morgan fingerprint density at radius 3 is 2.11 bits per heavy atom. The van der Waals surface area contributed by atoms with Gasteiger partial charge in [-0.2, -0.15) is 0 Å². The van der Waals surface area contributed by atoms with Crippen molar-refractivity contribution in [3.63, 3.8) is 0 Å². The van der Waals surface area contributed by atoms with Crippen molar-refractivity contribution in [1.29, 1.82) is 0 Å². The lowest BCUT2D eigenvalue weighted by molar-refractivity contribution is 0.591. The van der Waals surface area contributed by atoms with Crippen LogP contribution in [-0.2, 0) is 5.41 Å². The highest BCUT2D eigenvalue weighted by Gasteiger charge is 2.14. The molecule has 1 heterocycles. The number of aromatic nitrogens is 1. The predicted octanol–water partition coefficient (Wildman–Crippen LogP) is 4.93. The van der Waals surface area contributed by atoms with Gasteiger partial charge in [-0.05, 0) is 35.6 Å². The Morgan fingerprint density at radius 2 is 1.44 bits per heavy atom. The molecule has 2 aromatic carbocycles. The first-order chi connectivity index (χ1) is 8.45. The van der Waals surface area contributed by atoms with E-state index in [4.69, 9.17) is 0 Å². The molecule has 0 unspecified atom stereocenters. The zero-order valence-corrected chi connectivity index (χ0v) is 11.5. The normalized spacial score (nSPS) is 12.4. The maximum atomic E-state index is 3.53. The second-order valence-electron chi connectivity index (χ2n) is 6.18. The van der Waals surface area contributed by atoms with E-state index < -0.39 is 0 Å². The third-order valence-corrected chi connectivity index (χ3v) is 3.62. The number of hydrogen-bond donors (Lipinski definition) is 1. The van der Waals surface area contributed by atoms with Crippen LogP contribution in [0.4, 0.5) is 0 Å². The van der Waals surface area contributed by atoms with Crippen LogP contribution in [0.5, 0.6) is 0 Å². The Kier molecular flexibility index (Phi) is 2.28. The molecule has 1 aromatic heterocycles. The molecule has 1 heteroatoms. The van der Waals surface area contributed by atoms with Gasteiger partial charge in [0.15, 0.2) is 0 Å². The van der Waals surface area contributed by atoms with E-state index in [1.807, 2.05) is 0 Å². The van der Waals surface area contributed by atoms with Gasteiger partial charge in [0.2, 0.25) is 0 Å². The summed E-state index contributed by atoms with van der Waals surface area (Å²) in [7, 11) is 0. The van der Waals surface area contributed by atoms with Gasteiger partial charge >= 0.3 is 0 Å². The Labute approximate surface area is 108 Å². The summed E-state index contributed by atoms with van der Waals surface area (Å²) >= 11 is 0. The minimum Gasteiger partial charge on any atom is -0.354 e. The van der Waals surface area contributed by atoms with Gasteiger partial charge in [-0.3, -0.25) is 0 Å². The number of H-pyrrole nitrogens is 1. The van der Waals surface area contributed by atoms with Crippen LogP contribution in [0.3, 0.4) is 0 Å². The van der Waals surface area contributed by atoms with Crippen LogP contribution >= 0.6 is 0 Å². The molecule has 0 atom stereocenters. The molecule has 0 saturated carbocycles.